The Labute approximate surface area is 182 Å². The van der Waals surface area contributed by atoms with Crippen LogP contribution in [0.5, 0.6) is 0 Å². The summed E-state index contributed by atoms with van der Waals surface area (Å²) in [5, 5.41) is 2.07. The first-order chi connectivity index (χ1) is 14.2. The number of thiophene rings is 1. The van der Waals surface area contributed by atoms with Crippen LogP contribution in [0, 0.1) is 0 Å². The summed E-state index contributed by atoms with van der Waals surface area (Å²) in [6.45, 7) is 2.77. The fraction of sp³-hybridized carbons (Fsp3) is 0.174. The molecule has 0 aliphatic carbocycles. The standard InChI is InChI=1S/C23H19BrN4S/c24-19-6-4-17(5-7-19)20-8-3-16(12-25-20)14-28-10-9-21-18(15-28)13-26-23(27-21)22-2-1-11-29-22/h1-8,11-13H,9-10,14-15H2. The third kappa shape index (κ3) is 4.15. The summed E-state index contributed by atoms with van der Waals surface area (Å²) in [5.41, 5.74) is 5.77. The molecule has 0 amide bonds. The van der Waals surface area contributed by atoms with Crippen LogP contribution >= 0.6 is 27.3 Å². The highest BCUT2D eigenvalue weighted by molar-refractivity contribution is 9.10. The predicted octanol–water partition coefficient (Wildman–Crippen LogP) is 5.59. The molecule has 0 unspecified atom stereocenters. The number of aromatic nitrogens is 3. The minimum atomic E-state index is 0.847. The van der Waals surface area contributed by atoms with Crippen molar-refractivity contribution < 1.29 is 0 Å². The second kappa shape index (κ2) is 8.14. The van der Waals surface area contributed by atoms with Crippen molar-refractivity contribution >= 4 is 27.3 Å². The molecule has 0 N–H and O–H groups in total. The maximum absolute atomic E-state index is 4.81. The number of rotatable bonds is 4. The van der Waals surface area contributed by atoms with Crippen LogP contribution < -0.4 is 0 Å². The summed E-state index contributed by atoms with van der Waals surface area (Å²) in [7, 11) is 0. The van der Waals surface area contributed by atoms with Crippen molar-refractivity contribution in [2.45, 2.75) is 19.5 Å². The van der Waals surface area contributed by atoms with Gasteiger partial charge in [-0.1, -0.05) is 40.2 Å². The molecule has 29 heavy (non-hydrogen) atoms. The van der Waals surface area contributed by atoms with E-state index in [0.29, 0.717) is 0 Å². The van der Waals surface area contributed by atoms with Crippen LogP contribution in [-0.4, -0.2) is 26.4 Å². The van der Waals surface area contributed by atoms with Crippen molar-refractivity contribution in [3.63, 3.8) is 0 Å². The number of pyridine rings is 1. The zero-order valence-corrected chi connectivity index (χ0v) is 18.2. The highest BCUT2D eigenvalue weighted by Gasteiger charge is 2.19. The molecule has 1 aliphatic heterocycles. The third-order valence-electron chi connectivity index (χ3n) is 5.13. The molecule has 144 valence electrons. The van der Waals surface area contributed by atoms with Crippen LogP contribution in [0.25, 0.3) is 22.0 Å². The molecular weight excluding hydrogens is 444 g/mol. The Morgan fingerprint density at radius 2 is 1.90 bits per heavy atom. The monoisotopic (exact) mass is 462 g/mol. The van der Waals surface area contributed by atoms with E-state index in [-0.39, 0.29) is 0 Å². The number of hydrogen-bond acceptors (Lipinski definition) is 5. The van der Waals surface area contributed by atoms with E-state index < -0.39 is 0 Å². The SMILES string of the molecule is Brc1ccc(-c2ccc(CN3CCc4nc(-c5cccs5)ncc4C3)cn2)cc1. The molecular formula is C23H19BrN4S. The van der Waals surface area contributed by atoms with Crippen LogP contribution in [0.15, 0.2) is 70.8 Å². The highest BCUT2D eigenvalue weighted by Crippen LogP contribution is 2.25. The summed E-state index contributed by atoms with van der Waals surface area (Å²) in [5.74, 6) is 0.847. The normalized spacial score (nSPS) is 14.0. The van der Waals surface area contributed by atoms with E-state index in [9.17, 15) is 0 Å². The summed E-state index contributed by atoms with van der Waals surface area (Å²) < 4.78 is 1.08. The zero-order chi connectivity index (χ0) is 19.6. The molecule has 3 aromatic heterocycles. The van der Waals surface area contributed by atoms with E-state index in [2.05, 4.69) is 66.5 Å². The fourth-order valence-corrected chi connectivity index (χ4v) is 4.53. The topological polar surface area (TPSA) is 41.9 Å². The summed E-state index contributed by atoms with van der Waals surface area (Å²) in [6.07, 6.45) is 4.95. The lowest BCUT2D eigenvalue weighted by Gasteiger charge is -2.28. The van der Waals surface area contributed by atoms with Gasteiger partial charge < -0.3 is 0 Å². The Hall–Kier alpha value is -2.41. The van der Waals surface area contributed by atoms with Crippen molar-refractivity contribution in [1.82, 2.24) is 19.9 Å². The minimum Gasteiger partial charge on any atom is -0.294 e. The highest BCUT2D eigenvalue weighted by atomic mass is 79.9. The second-order valence-corrected chi connectivity index (χ2v) is 9.03. The van der Waals surface area contributed by atoms with Crippen molar-refractivity contribution in [3.8, 4) is 22.0 Å². The maximum atomic E-state index is 4.81. The van der Waals surface area contributed by atoms with E-state index in [1.807, 2.05) is 30.6 Å². The third-order valence-corrected chi connectivity index (χ3v) is 6.52. The molecule has 4 heterocycles. The van der Waals surface area contributed by atoms with Crippen LogP contribution in [0.2, 0.25) is 0 Å². The van der Waals surface area contributed by atoms with Gasteiger partial charge in [0.25, 0.3) is 0 Å². The van der Waals surface area contributed by atoms with E-state index in [0.717, 1.165) is 52.5 Å². The van der Waals surface area contributed by atoms with Crippen molar-refractivity contribution in [2.24, 2.45) is 0 Å². The average Bonchev–Trinajstić information content (AvgIpc) is 3.30. The van der Waals surface area contributed by atoms with Gasteiger partial charge in [-0.25, -0.2) is 9.97 Å². The molecule has 0 bridgehead atoms. The molecule has 1 aromatic carbocycles. The lowest BCUT2D eigenvalue weighted by atomic mass is 10.1. The van der Waals surface area contributed by atoms with Gasteiger partial charge >= 0.3 is 0 Å². The van der Waals surface area contributed by atoms with Crippen LogP contribution in [0.4, 0.5) is 0 Å². The first kappa shape index (κ1) is 18.6. The smallest absolute Gasteiger partial charge is 0.169 e. The molecule has 0 radical (unpaired) electrons. The van der Waals surface area contributed by atoms with Gasteiger partial charge in [0.05, 0.1) is 16.3 Å². The minimum absolute atomic E-state index is 0.847. The van der Waals surface area contributed by atoms with Crippen LogP contribution in [-0.2, 0) is 19.5 Å². The summed E-state index contributed by atoms with van der Waals surface area (Å²) >= 11 is 5.16. The number of halogens is 1. The molecule has 0 saturated heterocycles. The van der Waals surface area contributed by atoms with Crippen molar-refractivity contribution in [1.29, 1.82) is 0 Å². The van der Waals surface area contributed by atoms with Crippen molar-refractivity contribution in [3.05, 3.63) is 87.6 Å². The molecule has 0 atom stereocenters. The average molecular weight is 463 g/mol. The van der Waals surface area contributed by atoms with Gasteiger partial charge in [0.2, 0.25) is 0 Å². The van der Waals surface area contributed by atoms with Crippen molar-refractivity contribution in [2.75, 3.05) is 6.54 Å². The molecule has 5 rings (SSSR count). The van der Waals surface area contributed by atoms with Crippen LogP contribution in [0.1, 0.15) is 16.8 Å². The van der Waals surface area contributed by atoms with Gasteiger partial charge in [0.1, 0.15) is 0 Å². The number of hydrogen-bond donors (Lipinski definition) is 0. The van der Waals surface area contributed by atoms with Gasteiger partial charge in [0.15, 0.2) is 5.82 Å². The van der Waals surface area contributed by atoms with Gasteiger partial charge in [-0.3, -0.25) is 9.88 Å². The van der Waals surface area contributed by atoms with Gasteiger partial charge in [-0.2, -0.15) is 0 Å². The fourth-order valence-electron chi connectivity index (χ4n) is 3.60. The quantitative estimate of drug-likeness (QED) is 0.396. The predicted molar refractivity (Wildman–Crippen MR) is 121 cm³/mol. The van der Waals surface area contributed by atoms with Gasteiger partial charge in [0, 0.05) is 54.0 Å². The Morgan fingerprint density at radius 1 is 1.00 bits per heavy atom. The Balaban J connectivity index is 1.27. The molecule has 0 saturated carbocycles. The molecule has 0 fully saturated rings. The number of nitrogens with zero attached hydrogens (tertiary/aromatic N) is 4. The molecule has 6 heteroatoms. The zero-order valence-electron chi connectivity index (χ0n) is 15.8. The van der Waals surface area contributed by atoms with Gasteiger partial charge in [-0.15, -0.1) is 11.3 Å². The second-order valence-electron chi connectivity index (χ2n) is 7.16. The lowest BCUT2D eigenvalue weighted by molar-refractivity contribution is 0.242. The largest absolute Gasteiger partial charge is 0.294 e. The Bertz CT molecular complexity index is 1110. The van der Waals surface area contributed by atoms with E-state index in [1.54, 1.807) is 11.3 Å². The van der Waals surface area contributed by atoms with Gasteiger partial charge in [-0.05, 0) is 35.2 Å². The summed E-state index contributed by atoms with van der Waals surface area (Å²) in [4.78, 5) is 17.6. The lowest BCUT2D eigenvalue weighted by Crippen LogP contribution is -2.31. The Morgan fingerprint density at radius 3 is 2.66 bits per heavy atom. The molecule has 4 aromatic rings. The first-order valence-corrected chi connectivity index (χ1v) is 11.2. The van der Waals surface area contributed by atoms with E-state index in [4.69, 9.17) is 4.98 Å². The molecule has 0 spiro atoms. The van der Waals surface area contributed by atoms with E-state index >= 15 is 0 Å². The van der Waals surface area contributed by atoms with Crippen LogP contribution in [0.3, 0.4) is 0 Å². The maximum Gasteiger partial charge on any atom is 0.169 e. The van der Waals surface area contributed by atoms with E-state index in [1.165, 1.54) is 16.8 Å². The molecule has 1 aliphatic rings. The Kier molecular flexibility index (Phi) is 5.23. The first-order valence-electron chi connectivity index (χ1n) is 9.56. The number of fused-ring (bicyclic) bond motifs is 1. The number of benzene rings is 1. The summed E-state index contributed by atoms with van der Waals surface area (Å²) in [6, 6.07) is 16.6. The molecule has 4 nitrogen and oxygen atoms in total.